The van der Waals surface area contributed by atoms with Gasteiger partial charge in [0, 0.05) is 51.2 Å². The topological polar surface area (TPSA) is 57.5 Å². The van der Waals surface area contributed by atoms with Crippen molar-refractivity contribution in [2.24, 2.45) is 10.9 Å². The zero-order valence-electron chi connectivity index (χ0n) is 18.7. The fraction of sp³-hybridized carbons (Fsp3) is 0.565. The molecule has 166 valence electrons. The number of likely N-dealkylation sites (tertiary alicyclic amines) is 1. The van der Waals surface area contributed by atoms with Gasteiger partial charge in [-0.25, -0.2) is 4.98 Å². The van der Waals surface area contributed by atoms with Crippen LogP contribution >= 0.6 is 24.0 Å². The molecule has 2 unspecified atom stereocenters. The number of guanidine groups is 1. The molecule has 1 aromatic heterocycles. The molecule has 0 bridgehead atoms. The van der Waals surface area contributed by atoms with Crippen LogP contribution in [0.4, 0.5) is 0 Å². The van der Waals surface area contributed by atoms with E-state index >= 15 is 0 Å². The summed E-state index contributed by atoms with van der Waals surface area (Å²) in [6.45, 7) is 10.6. The van der Waals surface area contributed by atoms with Crippen molar-refractivity contribution in [3.05, 3.63) is 54.1 Å². The van der Waals surface area contributed by atoms with Crippen LogP contribution in [0.2, 0.25) is 0 Å². The molecule has 3 rings (SSSR count). The molecule has 1 aliphatic heterocycles. The van der Waals surface area contributed by atoms with E-state index in [2.05, 4.69) is 87.4 Å². The van der Waals surface area contributed by atoms with E-state index in [4.69, 9.17) is 0 Å². The van der Waals surface area contributed by atoms with Crippen LogP contribution in [-0.2, 0) is 19.6 Å². The third-order valence-electron chi connectivity index (χ3n) is 5.58. The van der Waals surface area contributed by atoms with Gasteiger partial charge in [0.25, 0.3) is 0 Å². The van der Waals surface area contributed by atoms with Gasteiger partial charge in [-0.15, -0.1) is 24.0 Å². The predicted molar refractivity (Wildman–Crippen MR) is 135 cm³/mol. The van der Waals surface area contributed by atoms with Gasteiger partial charge in [-0.3, -0.25) is 9.89 Å². The van der Waals surface area contributed by atoms with Crippen molar-refractivity contribution in [2.45, 2.75) is 65.3 Å². The van der Waals surface area contributed by atoms with Crippen LogP contribution in [0.5, 0.6) is 0 Å². The lowest BCUT2D eigenvalue weighted by Crippen LogP contribution is -2.51. The number of nitrogens with zero attached hydrogens (tertiary/aromatic N) is 4. The lowest BCUT2D eigenvalue weighted by atomic mass is 9.97. The minimum atomic E-state index is 0. The molecular formula is C23H37IN6. The molecule has 2 heterocycles. The molecule has 0 aliphatic carbocycles. The van der Waals surface area contributed by atoms with Crippen LogP contribution in [-0.4, -0.2) is 46.1 Å². The predicted octanol–water partition coefficient (Wildman–Crippen LogP) is 3.88. The van der Waals surface area contributed by atoms with E-state index in [0.29, 0.717) is 24.5 Å². The normalized spacial score (nSPS) is 20.1. The van der Waals surface area contributed by atoms with Crippen molar-refractivity contribution in [2.75, 3.05) is 13.6 Å². The molecule has 1 fully saturated rings. The summed E-state index contributed by atoms with van der Waals surface area (Å²) >= 11 is 0. The Balaban J connectivity index is 0.00000320. The van der Waals surface area contributed by atoms with Gasteiger partial charge in [0.05, 0.1) is 6.54 Å². The largest absolute Gasteiger partial charge is 0.354 e. The van der Waals surface area contributed by atoms with Crippen molar-refractivity contribution < 1.29 is 0 Å². The second-order valence-electron chi connectivity index (χ2n) is 8.49. The first-order chi connectivity index (χ1) is 14.0. The maximum atomic E-state index is 4.50. The average Bonchev–Trinajstić information content (AvgIpc) is 3.14. The SMILES string of the molecule is CN=C(NCc1nccn1CC(C)C)NC1CCN(Cc2ccccc2)C(C)C1.I. The Morgan fingerprint density at radius 3 is 2.70 bits per heavy atom. The fourth-order valence-corrected chi connectivity index (χ4v) is 4.02. The molecular weight excluding hydrogens is 487 g/mol. The van der Waals surface area contributed by atoms with E-state index in [1.165, 1.54) is 5.56 Å². The van der Waals surface area contributed by atoms with E-state index in [0.717, 1.165) is 44.3 Å². The van der Waals surface area contributed by atoms with Gasteiger partial charge < -0.3 is 15.2 Å². The molecule has 6 nitrogen and oxygen atoms in total. The highest BCUT2D eigenvalue weighted by Gasteiger charge is 2.26. The smallest absolute Gasteiger partial charge is 0.191 e. The van der Waals surface area contributed by atoms with Crippen molar-refractivity contribution >= 4 is 29.9 Å². The molecule has 0 radical (unpaired) electrons. The van der Waals surface area contributed by atoms with Crippen molar-refractivity contribution in [3.8, 4) is 0 Å². The van der Waals surface area contributed by atoms with Crippen LogP contribution in [0, 0.1) is 5.92 Å². The fourth-order valence-electron chi connectivity index (χ4n) is 4.02. The summed E-state index contributed by atoms with van der Waals surface area (Å²) in [5.74, 6) is 2.51. The second kappa shape index (κ2) is 12.3. The lowest BCUT2D eigenvalue weighted by Gasteiger charge is -2.38. The van der Waals surface area contributed by atoms with E-state index in [-0.39, 0.29) is 24.0 Å². The number of hydrogen-bond donors (Lipinski definition) is 2. The van der Waals surface area contributed by atoms with Gasteiger partial charge in [-0.2, -0.15) is 0 Å². The number of hydrogen-bond acceptors (Lipinski definition) is 3. The molecule has 30 heavy (non-hydrogen) atoms. The van der Waals surface area contributed by atoms with Crippen LogP contribution in [0.15, 0.2) is 47.7 Å². The highest BCUT2D eigenvalue weighted by molar-refractivity contribution is 14.0. The Labute approximate surface area is 198 Å². The third kappa shape index (κ3) is 7.27. The Bertz CT molecular complexity index is 773. The molecule has 2 N–H and O–H groups in total. The van der Waals surface area contributed by atoms with Gasteiger partial charge in [0.2, 0.25) is 0 Å². The minimum absolute atomic E-state index is 0. The van der Waals surface area contributed by atoms with Crippen LogP contribution < -0.4 is 10.6 Å². The van der Waals surface area contributed by atoms with Crippen molar-refractivity contribution in [3.63, 3.8) is 0 Å². The number of aromatic nitrogens is 2. The zero-order valence-corrected chi connectivity index (χ0v) is 21.0. The van der Waals surface area contributed by atoms with E-state index in [1.807, 2.05) is 13.2 Å². The maximum absolute atomic E-state index is 4.50. The van der Waals surface area contributed by atoms with Gasteiger partial charge in [0.1, 0.15) is 5.82 Å². The minimum Gasteiger partial charge on any atom is -0.354 e. The molecule has 1 aromatic carbocycles. The lowest BCUT2D eigenvalue weighted by molar-refractivity contribution is 0.134. The van der Waals surface area contributed by atoms with E-state index < -0.39 is 0 Å². The summed E-state index contributed by atoms with van der Waals surface area (Å²) in [5.41, 5.74) is 1.39. The zero-order chi connectivity index (χ0) is 20.6. The van der Waals surface area contributed by atoms with E-state index in [9.17, 15) is 0 Å². The Morgan fingerprint density at radius 1 is 1.27 bits per heavy atom. The number of piperidine rings is 1. The summed E-state index contributed by atoms with van der Waals surface area (Å²) < 4.78 is 2.22. The maximum Gasteiger partial charge on any atom is 0.191 e. The summed E-state index contributed by atoms with van der Waals surface area (Å²) in [7, 11) is 1.84. The molecule has 2 aromatic rings. The summed E-state index contributed by atoms with van der Waals surface area (Å²) in [5, 5.41) is 7.06. The number of benzene rings is 1. The molecule has 0 saturated carbocycles. The first-order valence-electron chi connectivity index (χ1n) is 10.8. The molecule has 0 amide bonds. The molecule has 7 heteroatoms. The average molecular weight is 524 g/mol. The standard InChI is InChI=1S/C23H36N6.HI/c1-18(2)16-29-13-11-25-22(29)15-26-23(24-4)27-21-10-12-28(19(3)14-21)17-20-8-6-5-7-9-20;/h5-9,11,13,18-19,21H,10,12,14-17H2,1-4H3,(H2,24,26,27);1H. The molecule has 1 aliphatic rings. The van der Waals surface area contributed by atoms with Crippen LogP contribution in [0.3, 0.4) is 0 Å². The third-order valence-corrected chi connectivity index (χ3v) is 5.58. The van der Waals surface area contributed by atoms with Gasteiger partial charge in [0.15, 0.2) is 5.96 Å². The summed E-state index contributed by atoms with van der Waals surface area (Å²) in [6, 6.07) is 11.7. The summed E-state index contributed by atoms with van der Waals surface area (Å²) in [6.07, 6.45) is 6.17. The number of rotatable bonds is 7. The first-order valence-corrected chi connectivity index (χ1v) is 10.8. The monoisotopic (exact) mass is 524 g/mol. The number of aliphatic imine (C=N–C) groups is 1. The van der Waals surface area contributed by atoms with Crippen molar-refractivity contribution in [1.29, 1.82) is 0 Å². The Morgan fingerprint density at radius 2 is 2.03 bits per heavy atom. The number of imidazole rings is 1. The molecule has 2 atom stereocenters. The van der Waals surface area contributed by atoms with Gasteiger partial charge in [-0.05, 0) is 31.2 Å². The Hall–Kier alpha value is -1.61. The molecule has 1 saturated heterocycles. The van der Waals surface area contributed by atoms with Crippen molar-refractivity contribution in [1.82, 2.24) is 25.1 Å². The second-order valence-corrected chi connectivity index (χ2v) is 8.49. The molecule has 0 spiro atoms. The van der Waals surface area contributed by atoms with Gasteiger partial charge >= 0.3 is 0 Å². The summed E-state index contributed by atoms with van der Waals surface area (Å²) in [4.78, 5) is 11.5. The Kier molecular flexibility index (Phi) is 10.1. The van der Waals surface area contributed by atoms with Crippen LogP contribution in [0.25, 0.3) is 0 Å². The first kappa shape index (κ1) is 24.7. The quantitative estimate of drug-likeness (QED) is 0.328. The van der Waals surface area contributed by atoms with Crippen LogP contribution in [0.1, 0.15) is 45.0 Å². The van der Waals surface area contributed by atoms with E-state index in [1.54, 1.807) is 0 Å². The highest BCUT2D eigenvalue weighted by atomic mass is 127. The van der Waals surface area contributed by atoms with Gasteiger partial charge in [-0.1, -0.05) is 44.2 Å². The number of nitrogens with one attached hydrogen (secondary N) is 2. The highest BCUT2D eigenvalue weighted by Crippen LogP contribution is 2.20. The number of halogens is 1.